The summed E-state index contributed by atoms with van der Waals surface area (Å²) < 4.78 is 81.2. The minimum Gasteiger partial charge on any atom is -0.311 e. The Hall–Kier alpha value is -11.9. The third-order valence-corrected chi connectivity index (χ3v) is 20.5. The van der Waals surface area contributed by atoms with Crippen LogP contribution in [0.4, 0.5) is 34.1 Å². The first-order chi connectivity index (χ1) is 51.2. The topological polar surface area (TPSA) is 21.3 Å². The summed E-state index contributed by atoms with van der Waals surface area (Å²) in [5.41, 5.74) is 23.5. The van der Waals surface area contributed by atoms with Crippen LogP contribution in [0.15, 0.2) is 315 Å². The number of benzene rings is 14. The lowest BCUT2D eigenvalue weighted by Gasteiger charge is -2.45. The van der Waals surface area contributed by atoms with Crippen molar-refractivity contribution in [2.75, 3.05) is 9.80 Å². The van der Waals surface area contributed by atoms with Gasteiger partial charge >= 0.3 is 0 Å². The Bertz CT molecular complexity index is 6420. The summed E-state index contributed by atoms with van der Waals surface area (Å²) in [6, 6.07) is 93.0. The van der Waals surface area contributed by atoms with Crippen molar-refractivity contribution in [1.82, 2.24) is 13.7 Å². The average Bonchev–Trinajstić information content (AvgIpc) is 0.927. The lowest BCUT2D eigenvalue weighted by atomic mass is 9.33. The molecular formula is C92H70BN5. The molecule has 0 spiro atoms. The summed E-state index contributed by atoms with van der Waals surface area (Å²) in [6.07, 6.45) is 0. The van der Waals surface area contributed by atoms with E-state index in [9.17, 15) is 8.22 Å². The second-order valence-corrected chi connectivity index (χ2v) is 28.3. The number of hydrogen-bond acceptors (Lipinski definition) is 2. The Morgan fingerprint density at radius 1 is 0.276 bits per heavy atom. The molecule has 0 bridgehead atoms. The predicted octanol–water partition coefficient (Wildman–Crippen LogP) is 22.7. The second-order valence-electron chi connectivity index (χ2n) is 28.3. The van der Waals surface area contributed by atoms with Crippen LogP contribution in [0, 0.1) is 0 Å². The fourth-order valence-electron chi connectivity index (χ4n) is 15.9. The van der Waals surface area contributed by atoms with Gasteiger partial charge in [-0.25, -0.2) is 0 Å². The highest BCUT2D eigenvalue weighted by atomic mass is 15.2. The van der Waals surface area contributed by atoms with Crippen molar-refractivity contribution in [2.24, 2.45) is 0 Å². The molecule has 0 saturated carbocycles. The fraction of sp³-hybridized carbons (Fsp3) is 0.0870. The predicted molar refractivity (Wildman–Crippen MR) is 417 cm³/mol. The molecule has 98 heavy (non-hydrogen) atoms. The van der Waals surface area contributed by atoms with Crippen LogP contribution in [-0.4, -0.2) is 20.4 Å². The van der Waals surface area contributed by atoms with Gasteiger partial charge in [-0.15, -0.1) is 0 Å². The SMILES string of the molecule is [2H]c1c([2H])c([2H])c2c(c1[2H])c1c([2H])c([2H])c([2H])c([2H])c1n2-c1ccc2c(c1)N(c1cc(-c3ccccc3)cc(-c3ccccc3)c1)c1cc(C(C)(C)C)cc3c1B2c1ccc(-n2c4ccccc4c4cc(-n5c6ccccc6c6ccccc65)ccc42)cc1N3c1ccc(C(C)(C)C)cc1-c1ccccc1. The van der Waals surface area contributed by atoms with Crippen molar-refractivity contribution in [3.8, 4) is 50.4 Å². The number of fused-ring (bicyclic) bond motifs is 13. The summed E-state index contributed by atoms with van der Waals surface area (Å²) in [5, 5.41) is 4.69. The average molecular weight is 1260 g/mol. The van der Waals surface area contributed by atoms with E-state index in [0.29, 0.717) is 5.69 Å². The van der Waals surface area contributed by atoms with E-state index in [-0.39, 0.29) is 51.4 Å². The monoisotopic (exact) mass is 1260 g/mol. The number of aromatic nitrogens is 3. The molecule has 5 heterocycles. The molecule has 466 valence electrons. The number of nitrogens with zero attached hydrogens (tertiary/aromatic N) is 5. The summed E-state index contributed by atoms with van der Waals surface area (Å²) in [4.78, 5) is 4.92. The van der Waals surface area contributed by atoms with Crippen LogP contribution in [0.3, 0.4) is 0 Å². The van der Waals surface area contributed by atoms with Crippen molar-refractivity contribution in [3.63, 3.8) is 0 Å². The number of para-hydroxylation sites is 5. The summed E-state index contributed by atoms with van der Waals surface area (Å²) in [5.74, 6) is 0. The van der Waals surface area contributed by atoms with Gasteiger partial charge in [0.2, 0.25) is 0 Å². The fourth-order valence-corrected chi connectivity index (χ4v) is 15.9. The maximum Gasteiger partial charge on any atom is 0.252 e. The lowest BCUT2D eigenvalue weighted by molar-refractivity contribution is 0.590. The number of rotatable bonds is 8. The van der Waals surface area contributed by atoms with E-state index in [2.05, 4.69) is 309 Å². The normalized spacial score (nSPS) is 14.1. The standard InChI is InChI=1S/C92H70BN5/c1-91(2,3)64-42-48-84(75(53-64)61-30-14-9-15-31-61)98-87-58-68(96-83-41-25-20-36-74(83)76-56-66(45-49-85(76)96)94-79-37-21-16-32-70(79)71-33-17-22-38-80(71)94)44-47-78(87)93-77-46-43-67(95-81-39-23-18-34-72(81)73-35-19-24-40-82(73)95)57-86(77)97(88-54-65(92(4,5)6)55-89(98)90(88)93)69-51-62(59-26-10-7-11-27-59)50-63(52-69)60-28-12-8-13-29-60/h7-58H,1-6H3/i18D,19D,23D,24D,34D,35D,39D,40D. The molecule has 0 N–H and O–H groups in total. The number of hydrogen-bond donors (Lipinski definition) is 0. The van der Waals surface area contributed by atoms with Gasteiger partial charge in [-0.2, -0.15) is 0 Å². The van der Waals surface area contributed by atoms with Crippen LogP contribution in [0.5, 0.6) is 0 Å². The molecule has 3 aromatic heterocycles. The summed E-state index contributed by atoms with van der Waals surface area (Å²) in [7, 11) is 0. The van der Waals surface area contributed by atoms with Crippen LogP contribution >= 0.6 is 0 Å². The second kappa shape index (κ2) is 21.8. The molecule has 2 aliphatic heterocycles. The minimum absolute atomic E-state index is 0.0183. The Labute approximate surface area is 583 Å². The highest BCUT2D eigenvalue weighted by Crippen LogP contribution is 2.51. The molecule has 14 aromatic carbocycles. The van der Waals surface area contributed by atoms with Crippen LogP contribution in [-0.2, 0) is 10.8 Å². The quantitative estimate of drug-likeness (QED) is 0.141. The molecule has 6 heteroatoms. The van der Waals surface area contributed by atoms with E-state index in [4.69, 9.17) is 2.74 Å². The lowest BCUT2D eigenvalue weighted by Crippen LogP contribution is -2.61. The van der Waals surface area contributed by atoms with Gasteiger partial charge in [0.15, 0.2) is 0 Å². The highest BCUT2D eigenvalue weighted by molar-refractivity contribution is 7.00. The van der Waals surface area contributed by atoms with Gasteiger partial charge in [-0.3, -0.25) is 0 Å². The van der Waals surface area contributed by atoms with E-state index < -0.39 is 36.3 Å². The molecule has 0 fully saturated rings. The van der Waals surface area contributed by atoms with Crippen molar-refractivity contribution in [1.29, 1.82) is 0 Å². The zero-order valence-electron chi connectivity index (χ0n) is 63.2. The molecular weight excluding hydrogens is 1190 g/mol. The van der Waals surface area contributed by atoms with E-state index in [1.165, 1.54) is 16.3 Å². The Morgan fingerprint density at radius 3 is 1.23 bits per heavy atom. The highest BCUT2D eigenvalue weighted by Gasteiger charge is 2.45. The molecule has 0 unspecified atom stereocenters. The van der Waals surface area contributed by atoms with Gasteiger partial charge < -0.3 is 23.5 Å². The largest absolute Gasteiger partial charge is 0.311 e. The third kappa shape index (κ3) is 8.94. The van der Waals surface area contributed by atoms with Crippen LogP contribution in [0.1, 0.15) is 63.6 Å². The Morgan fingerprint density at radius 2 is 0.704 bits per heavy atom. The van der Waals surface area contributed by atoms with Crippen molar-refractivity contribution < 1.29 is 11.0 Å². The molecule has 19 rings (SSSR count). The van der Waals surface area contributed by atoms with Gasteiger partial charge in [-0.1, -0.05) is 242 Å². The van der Waals surface area contributed by atoms with Crippen LogP contribution in [0.2, 0.25) is 0 Å². The maximum atomic E-state index is 9.73. The first kappa shape index (κ1) is 49.7. The van der Waals surface area contributed by atoms with Crippen LogP contribution in [0.25, 0.3) is 116 Å². The van der Waals surface area contributed by atoms with Gasteiger partial charge in [0.1, 0.15) is 0 Å². The van der Waals surface area contributed by atoms with Crippen molar-refractivity contribution in [2.45, 2.75) is 52.4 Å². The maximum absolute atomic E-state index is 9.73. The molecule has 5 nitrogen and oxygen atoms in total. The minimum atomic E-state index is -0.493. The van der Waals surface area contributed by atoms with Crippen molar-refractivity contribution in [3.05, 3.63) is 326 Å². The van der Waals surface area contributed by atoms with E-state index >= 15 is 0 Å². The molecule has 0 radical (unpaired) electrons. The van der Waals surface area contributed by atoms with E-state index in [1.807, 2.05) is 18.2 Å². The molecule has 2 aliphatic rings. The van der Waals surface area contributed by atoms with Gasteiger partial charge in [0, 0.05) is 83.4 Å². The molecule has 0 amide bonds. The zero-order chi connectivity index (χ0) is 72.7. The van der Waals surface area contributed by atoms with Gasteiger partial charge in [0.05, 0.1) is 49.8 Å². The smallest absolute Gasteiger partial charge is 0.252 e. The first-order valence-electron chi connectivity index (χ1n) is 37.8. The summed E-state index contributed by atoms with van der Waals surface area (Å²) >= 11 is 0. The number of anilines is 6. The third-order valence-electron chi connectivity index (χ3n) is 20.5. The van der Waals surface area contributed by atoms with Crippen molar-refractivity contribution >= 4 is 123 Å². The van der Waals surface area contributed by atoms with E-state index in [0.717, 1.165) is 134 Å². The van der Waals surface area contributed by atoms with Crippen LogP contribution < -0.4 is 26.2 Å². The molecule has 0 aliphatic carbocycles. The Kier molecular flexibility index (Phi) is 11.1. The van der Waals surface area contributed by atoms with E-state index in [1.54, 1.807) is 4.57 Å². The summed E-state index contributed by atoms with van der Waals surface area (Å²) in [6.45, 7) is 13.2. The molecule has 0 atom stereocenters. The molecule has 0 saturated heterocycles. The zero-order valence-corrected chi connectivity index (χ0v) is 55.2. The van der Waals surface area contributed by atoms with Gasteiger partial charge in [0.25, 0.3) is 6.71 Å². The Balaban J connectivity index is 0.938. The van der Waals surface area contributed by atoms with Gasteiger partial charge in [-0.05, 0) is 181 Å². The molecule has 17 aromatic rings. The first-order valence-corrected chi connectivity index (χ1v) is 33.8.